The second-order valence-electron chi connectivity index (χ2n) is 3.28. The van der Waals surface area contributed by atoms with Crippen molar-refractivity contribution >= 4 is 6.03 Å². The summed E-state index contributed by atoms with van der Waals surface area (Å²) >= 11 is 0. The highest BCUT2D eigenvalue weighted by Crippen LogP contribution is 2.15. The van der Waals surface area contributed by atoms with Crippen molar-refractivity contribution in [3.8, 4) is 0 Å². The minimum Gasteiger partial charge on any atom is -0.341 e. The van der Waals surface area contributed by atoms with E-state index in [1.165, 1.54) is 0 Å². The van der Waals surface area contributed by atoms with E-state index < -0.39 is 0 Å². The number of nitrogens with zero attached hydrogens (tertiary/aromatic N) is 1. The first-order chi connectivity index (χ1) is 4.95. The van der Waals surface area contributed by atoms with Crippen molar-refractivity contribution in [3.05, 3.63) is 0 Å². The molecule has 0 unspecified atom stereocenters. The van der Waals surface area contributed by atoms with E-state index in [-0.39, 0.29) is 11.6 Å². The normalized spacial score (nSPS) is 11.0. The molecule has 2 amide bonds. The lowest BCUT2D eigenvalue weighted by atomic mass is 10.0. The van der Waals surface area contributed by atoms with Crippen molar-refractivity contribution in [2.24, 2.45) is 0 Å². The van der Waals surface area contributed by atoms with Crippen LogP contribution in [0.5, 0.6) is 0 Å². The fourth-order valence-electron chi connectivity index (χ4n) is 0.680. The average molecular weight is 158 g/mol. The van der Waals surface area contributed by atoms with Gasteiger partial charge in [0.25, 0.3) is 0 Å². The standard InChI is InChI=1S/C8H18N2O/c1-6-8(2,3)10(5)7(11)9-4/h6H2,1-5H3,(H,9,11). The van der Waals surface area contributed by atoms with Crippen LogP contribution in [0.2, 0.25) is 0 Å². The Hall–Kier alpha value is -0.730. The molecule has 0 aromatic carbocycles. The molecule has 3 heteroatoms. The SMILES string of the molecule is CCC(C)(C)N(C)C(=O)NC. The summed E-state index contributed by atoms with van der Waals surface area (Å²) in [6, 6.07) is -0.0307. The highest BCUT2D eigenvalue weighted by atomic mass is 16.2. The monoisotopic (exact) mass is 158 g/mol. The molecule has 66 valence electrons. The molecule has 0 atom stereocenters. The molecule has 11 heavy (non-hydrogen) atoms. The van der Waals surface area contributed by atoms with Gasteiger partial charge in [-0.1, -0.05) is 6.92 Å². The van der Waals surface area contributed by atoms with Crippen LogP contribution in [0, 0.1) is 0 Å². The lowest BCUT2D eigenvalue weighted by Crippen LogP contribution is -2.48. The van der Waals surface area contributed by atoms with E-state index in [1.54, 1.807) is 11.9 Å². The molecule has 0 radical (unpaired) electrons. The highest BCUT2D eigenvalue weighted by molar-refractivity contribution is 5.74. The molecule has 0 aliphatic carbocycles. The van der Waals surface area contributed by atoms with Gasteiger partial charge in [-0.2, -0.15) is 0 Å². The second-order valence-corrected chi connectivity index (χ2v) is 3.28. The molecule has 0 aliphatic rings. The van der Waals surface area contributed by atoms with Crippen LogP contribution in [0.3, 0.4) is 0 Å². The summed E-state index contributed by atoms with van der Waals surface area (Å²) in [5, 5.41) is 2.59. The zero-order valence-electron chi connectivity index (χ0n) is 8.06. The molecule has 0 heterocycles. The lowest BCUT2D eigenvalue weighted by Gasteiger charge is -2.34. The van der Waals surface area contributed by atoms with Gasteiger partial charge in [0, 0.05) is 19.6 Å². The van der Waals surface area contributed by atoms with Crippen LogP contribution in [0.4, 0.5) is 4.79 Å². The molecular formula is C8H18N2O. The van der Waals surface area contributed by atoms with Crippen molar-refractivity contribution in [1.29, 1.82) is 0 Å². The predicted octanol–water partition coefficient (Wildman–Crippen LogP) is 1.45. The van der Waals surface area contributed by atoms with Crippen LogP contribution < -0.4 is 5.32 Å². The van der Waals surface area contributed by atoms with Gasteiger partial charge >= 0.3 is 6.03 Å². The van der Waals surface area contributed by atoms with Crippen LogP contribution >= 0.6 is 0 Å². The van der Waals surface area contributed by atoms with Gasteiger partial charge in [-0.15, -0.1) is 0 Å². The Morgan fingerprint density at radius 1 is 1.55 bits per heavy atom. The molecule has 0 saturated carbocycles. The zero-order valence-corrected chi connectivity index (χ0v) is 8.06. The summed E-state index contributed by atoms with van der Waals surface area (Å²) in [6.07, 6.45) is 0.955. The van der Waals surface area contributed by atoms with Gasteiger partial charge in [-0.05, 0) is 20.3 Å². The third-order valence-electron chi connectivity index (χ3n) is 2.29. The van der Waals surface area contributed by atoms with E-state index >= 15 is 0 Å². The van der Waals surface area contributed by atoms with Gasteiger partial charge in [-0.3, -0.25) is 0 Å². The van der Waals surface area contributed by atoms with Crippen LogP contribution in [-0.2, 0) is 0 Å². The van der Waals surface area contributed by atoms with Crippen LogP contribution in [0.1, 0.15) is 27.2 Å². The summed E-state index contributed by atoms with van der Waals surface area (Å²) < 4.78 is 0. The van der Waals surface area contributed by atoms with E-state index in [0.717, 1.165) is 6.42 Å². The van der Waals surface area contributed by atoms with E-state index in [0.29, 0.717) is 0 Å². The molecule has 0 aliphatic heterocycles. The molecule has 0 fully saturated rings. The summed E-state index contributed by atoms with van der Waals surface area (Å²) in [5.41, 5.74) is -0.0555. The molecular weight excluding hydrogens is 140 g/mol. The topological polar surface area (TPSA) is 32.3 Å². The van der Waals surface area contributed by atoms with Crippen molar-refractivity contribution in [2.75, 3.05) is 14.1 Å². The van der Waals surface area contributed by atoms with Crippen molar-refractivity contribution in [2.45, 2.75) is 32.7 Å². The quantitative estimate of drug-likeness (QED) is 0.648. The Bertz CT molecular complexity index is 143. The smallest absolute Gasteiger partial charge is 0.317 e. The summed E-state index contributed by atoms with van der Waals surface area (Å²) in [4.78, 5) is 12.8. The molecule has 0 aromatic rings. The van der Waals surface area contributed by atoms with Crippen LogP contribution in [0.15, 0.2) is 0 Å². The maximum atomic E-state index is 11.1. The average Bonchev–Trinajstić information content (AvgIpc) is 2.01. The van der Waals surface area contributed by atoms with Gasteiger partial charge in [-0.25, -0.2) is 4.79 Å². The summed E-state index contributed by atoms with van der Waals surface area (Å²) in [6.45, 7) is 6.16. The Balaban J connectivity index is 4.22. The lowest BCUT2D eigenvalue weighted by molar-refractivity contribution is 0.155. The Morgan fingerprint density at radius 3 is 2.27 bits per heavy atom. The predicted molar refractivity (Wildman–Crippen MR) is 46.6 cm³/mol. The number of urea groups is 1. The second kappa shape index (κ2) is 3.60. The number of amides is 2. The number of hydrogen-bond donors (Lipinski definition) is 1. The molecule has 0 saturated heterocycles. The van der Waals surface area contributed by atoms with E-state index in [1.807, 2.05) is 20.9 Å². The van der Waals surface area contributed by atoms with Crippen LogP contribution in [-0.4, -0.2) is 30.6 Å². The van der Waals surface area contributed by atoms with Crippen molar-refractivity contribution in [1.82, 2.24) is 10.2 Å². The minimum absolute atomic E-state index is 0.0307. The zero-order chi connectivity index (χ0) is 9.07. The summed E-state index contributed by atoms with van der Waals surface area (Å²) in [5.74, 6) is 0. The number of nitrogens with one attached hydrogen (secondary N) is 1. The Labute approximate surface area is 68.8 Å². The maximum absolute atomic E-state index is 11.1. The Kier molecular flexibility index (Phi) is 3.36. The van der Waals surface area contributed by atoms with Crippen LogP contribution in [0.25, 0.3) is 0 Å². The molecule has 0 rings (SSSR count). The maximum Gasteiger partial charge on any atom is 0.317 e. The largest absolute Gasteiger partial charge is 0.341 e. The first-order valence-electron chi connectivity index (χ1n) is 3.91. The van der Waals surface area contributed by atoms with Gasteiger partial charge in [0.15, 0.2) is 0 Å². The van der Waals surface area contributed by atoms with Crippen molar-refractivity contribution < 1.29 is 4.79 Å². The third kappa shape index (κ3) is 2.41. The number of rotatable bonds is 2. The van der Waals surface area contributed by atoms with E-state index in [4.69, 9.17) is 0 Å². The fourth-order valence-corrected chi connectivity index (χ4v) is 0.680. The first kappa shape index (κ1) is 10.3. The molecule has 0 spiro atoms. The summed E-state index contributed by atoms with van der Waals surface area (Å²) in [7, 11) is 3.45. The van der Waals surface area contributed by atoms with Gasteiger partial charge < -0.3 is 10.2 Å². The van der Waals surface area contributed by atoms with E-state index in [9.17, 15) is 4.79 Å². The number of carbonyl (C=O) groups is 1. The fraction of sp³-hybridized carbons (Fsp3) is 0.875. The molecule has 1 N–H and O–H groups in total. The number of carbonyl (C=O) groups excluding carboxylic acids is 1. The minimum atomic E-state index is -0.0555. The molecule has 0 bridgehead atoms. The first-order valence-corrected chi connectivity index (χ1v) is 3.91. The Morgan fingerprint density at radius 2 is 2.00 bits per heavy atom. The highest BCUT2D eigenvalue weighted by Gasteiger charge is 2.24. The number of hydrogen-bond acceptors (Lipinski definition) is 1. The van der Waals surface area contributed by atoms with E-state index in [2.05, 4.69) is 12.2 Å². The molecule has 3 nitrogen and oxygen atoms in total. The molecule has 0 aromatic heterocycles. The van der Waals surface area contributed by atoms with Gasteiger partial charge in [0.05, 0.1) is 0 Å². The van der Waals surface area contributed by atoms with Gasteiger partial charge in [0.1, 0.15) is 0 Å². The third-order valence-corrected chi connectivity index (χ3v) is 2.29. The van der Waals surface area contributed by atoms with Gasteiger partial charge in [0.2, 0.25) is 0 Å². The van der Waals surface area contributed by atoms with Crippen molar-refractivity contribution in [3.63, 3.8) is 0 Å².